The highest BCUT2D eigenvalue weighted by molar-refractivity contribution is 6.20. The smallest absolute Gasteiger partial charge is 0.335 e. The Labute approximate surface area is 125 Å². The van der Waals surface area contributed by atoms with Gasteiger partial charge < -0.3 is 9.84 Å². The highest BCUT2D eigenvalue weighted by Crippen LogP contribution is 2.19. The molecule has 0 bridgehead atoms. The van der Waals surface area contributed by atoms with Crippen LogP contribution in [0.25, 0.3) is 0 Å². The first-order valence-electron chi connectivity index (χ1n) is 7.13. The number of halogens is 1. The molecule has 112 valence electrons. The van der Waals surface area contributed by atoms with E-state index in [9.17, 15) is 4.79 Å². The summed E-state index contributed by atoms with van der Waals surface area (Å²) in [5.74, 6) is 0.402. The van der Waals surface area contributed by atoms with E-state index < -0.39 is 5.97 Å². The molecule has 0 aliphatic rings. The first-order valence-corrected chi connectivity index (χ1v) is 7.56. The van der Waals surface area contributed by atoms with Gasteiger partial charge in [-0.05, 0) is 55.9 Å². The van der Waals surface area contributed by atoms with Gasteiger partial charge in [0.25, 0.3) is 0 Å². The number of carbonyl (C=O) groups is 1. The fourth-order valence-corrected chi connectivity index (χ4v) is 2.34. The molecule has 1 unspecified atom stereocenters. The lowest BCUT2D eigenvalue weighted by molar-refractivity contribution is 0.0697. The van der Waals surface area contributed by atoms with Crippen LogP contribution in [0.2, 0.25) is 0 Å². The van der Waals surface area contributed by atoms with Crippen LogP contribution in [0.15, 0.2) is 24.3 Å². The highest BCUT2D eigenvalue weighted by Gasteiger charge is 2.08. The van der Waals surface area contributed by atoms with Gasteiger partial charge in [0.05, 0.1) is 12.2 Å². The molecule has 0 aromatic heterocycles. The normalized spacial score (nSPS) is 13.8. The lowest BCUT2D eigenvalue weighted by Gasteiger charge is -2.14. The molecule has 4 heteroatoms. The predicted molar refractivity (Wildman–Crippen MR) is 81.8 cm³/mol. The Morgan fingerprint density at radius 2 is 2.00 bits per heavy atom. The van der Waals surface area contributed by atoms with E-state index in [4.69, 9.17) is 21.4 Å². The van der Waals surface area contributed by atoms with E-state index in [0.717, 1.165) is 25.7 Å². The molecule has 0 saturated heterocycles. The van der Waals surface area contributed by atoms with Crippen molar-refractivity contribution in [3.63, 3.8) is 0 Å². The van der Waals surface area contributed by atoms with E-state index in [2.05, 4.69) is 13.8 Å². The zero-order chi connectivity index (χ0) is 15.0. The second-order valence-electron chi connectivity index (χ2n) is 5.17. The molecule has 0 radical (unpaired) electrons. The van der Waals surface area contributed by atoms with Gasteiger partial charge in [-0.25, -0.2) is 4.79 Å². The Morgan fingerprint density at radius 1 is 1.35 bits per heavy atom. The molecular formula is C16H23ClO3. The van der Waals surface area contributed by atoms with Crippen molar-refractivity contribution in [2.45, 2.75) is 44.9 Å². The highest BCUT2D eigenvalue weighted by atomic mass is 35.5. The Bertz CT molecular complexity index is 403. The zero-order valence-corrected chi connectivity index (χ0v) is 12.9. The second kappa shape index (κ2) is 8.85. The van der Waals surface area contributed by atoms with E-state index in [1.807, 2.05) is 0 Å². The molecule has 1 N–H and O–H groups in total. The van der Waals surface area contributed by atoms with Gasteiger partial charge in [-0.3, -0.25) is 0 Å². The fourth-order valence-electron chi connectivity index (χ4n) is 2.04. The molecule has 0 aliphatic heterocycles. The van der Waals surface area contributed by atoms with Crippen molar-refractivity contribution in [1.82, 2.24) is 0 Å². The van der Waals surface area contributed by atoms with Crippen LogP contribution in [-0.4, -0.2) is 23.1 Å². The van der Waals surface area contributed by atoms with Gasteiger partial charge in [-0.15, -0.1) is 11.6 Å². The summed E-state index contributed by atoms with van der Waals surface area (Å²) in [4.78, 5) is 10.7. The molecular weight excluding hydrogens is 276 g/mol. The van der Waals surface area contributed by atoms with Gasteiger partial charge in [0.1, 0.15) is 5.75 Å². The first-order chi connectivity index (χ1) is 9.52. The number of benzene rings is 1. The van der Waals surface area contributed by atoms with Crippen LogP contribution in [0.5, 0.6) is 5.75 Å². The van der Waals surface area contributed by atoms with Crippen molar-refractivity contribution in [3.05, 3.63) is 29.8 Å². The summed E-state index contributed by atoms with van der Waals surface area (Å²) in [6.07, 6.45) is 4.13. The van der Waals surface area contributed by atoms with Crippen molar-refractivity contribution in [3.8, 4) is 5.75 Å². The molecule has 0 aliphatic carbocycles. The molecule has 0 fully saturated rings. The van der Waals surface area contributed by atoms with Crippen molar-refractivity contribution in [2.24, 2.45) is 5.92 Å². The molecule has 0 spiro atoms. The van der Waals surface area contributed by atoms with Gasteiger partial charge in [0.2, 0.25) is 0 Å². The van der Waals surface area contributed by atoms with E-state index in [1.165, 1.54) is 0 Å². The standard InChI is InChI=1S/C16H23ClO3/c1-3-14(17)11-12(2)5-4-10-20-15-8-6-13(7-9-15)16(18)19/h6-9,12,14H,3-5,10-11H2,1-2H3,(H,18,19)/t12-,14?/m1/s1. The Kier molecular flexibility index (Phi) is 7.45. The monoisotopic (exact) mass is 298 g/mol. The molecule has 1 rings (SSSR count). The molecule has 1 aromatic rings. The topological polar surface area (TPSA) is 46.5 Å². The maximum absolute atomic E-state index is 10.7. The first kappa shape index (κ1) is 16.8. The van der Waals surface area contributed by atoms with E-state index >= 15 is 0 Å². The minimum Gasteiger partial charge on any atom is -0.494 e. The number of ether oxygens (including phenoxy) is 1. The molecule has 2 atom stereocenters. The number of hydrogen-bond donors (Lipinski definition) is 1. The summed E-state index contributed by atoms with van der Waals surface area (Å²) in [7, 11) is 0. The second-order valence-corrected chi connectivity index (χ2v) is 5.78. The Hall–Kier alpha value is -1.22. The largest absolute Gasteiger partial charge is 0.494 e. The van der Waals surface area contributed by atoms with E-state index in [1.54, 1.807) is 24.3 Å². The summed E-state index contributed by atoms with van der Waals surface area (Å²) in [6, 6.07) is 6.50. The van der Waals surface area contributed by atoms with E-state index in [0.29, 0.717) is 18.3 Å². The summed E-state index contributed by atoms with van der Waals surface area (Å²) in [6.45, 7) is 4.97. The lowest BCUT2D eigenvalue weighted by Crippen LogP contribution is -2.07. The molecule has 0 amide bonds. The minimum atomic E-state index is -0.920. The van der Waals surface area contributed by atoms with Gasteiger partial charge in [-0.1, -0.05) is 13.8 Å². The number of carboxylic acids is 1. The predicted octanol–water partition coefficient (Wildman–Crippen LogP) is 4.59. The molecule has 20 heavy (non-hydrogen) atoms. The van der Waals surface area contributed by atoms with Crippen molar-refractivity contribution >= 4 is 17.6 Å². The summed E-state index contributed by atoms with van der Waals surface area (Å²) < 4.78 is 5.60. The Balaban J connectivity index is 2.22. The molecule has 1 aromatic carbocycles. The van der Waals surface area contributed by atoms with Gasteiger partial charge in [0.15, 0.2) is 0 Å². The molecule has 0 saturated carbocycles. The SMILES string of the molecule is CCC(Cl)C[C@H](C)CCCOc1ccc(C(=O)O)cc1. The van der Waals surface area contributed by atoms with Crippen LogP contribution in [0.1, 0.15) is 49.9 Å². The van der Waals surface area contributed by atoms with Crippen molar-refractivity contribution in [1.29, 1.82) is 0 Å². The maximum atomic E-state index is 10.7. The summed E-state index contributed by atoms with van der Waals surface area (Å²) in [5, 5.41) is 9.06. The average Bonchev–Trinajstić information content (AvgIpc) is 2.44. The third-order valence-corrected chi connectivity index (χ3v) is 3.80. The van der Waals surface area contributed by atoms with Crippen molar-refractivity contribution in [2.75, 3.05) is 6.61 Å². The summed E-state index contributed by atoms with van der Waals surface area (Å²) in [5.41, 5.74) is 0.277. The summed E-state index contributed by atoms with van der Waals surface area (Å²) >= 11 is 6.13. The minimum absolute atomic E-state index is 0.273. The third kappa shape index (κ3) is 6.29. The van der Waals surface area contributed by atoms with Crippen LogP contribution in [0.4, 0.5) is 0 Å². The third-order valence-electron chi connectivity index (χ3n) is 3.31. The Morgan fingerprint density at radius 3 is 2.55 bits per heavy atom. The van der Waals surface area contributed by atoms with Gasteiger partial charge in [-0.2, -0.15) is 0 Å². The van der Waals surface area contributed by atoms with Crippen molar-refractivity contribution < 1.29 is 14.6 Å². The zero-order valence-electron chi connectivity index (χ0n) is 12.1. The van der Waals surface area contributed by atoms with Crippen LogP contribution >= 0.6 is 11.6 Å². The number of alkyl halides is 1. The maximum Gasteiger partial charge on any atom is 0.335 e. The van der Waals surface area contributed by atoms with E-state index in [-0.39, 0.29) is 10.9 Å². The lowest BCUT2D eigenvalue weighted by atomic mass is 9.99. The fraction of sp³-hybridized carbons (Fsp3) is 0.562. The van der Waals surface area contributed by atoms with Crippen LogP contribution in [0.3, 0.4) is 0 Å². The van der Waals surface area contributed by atoms with Crippen LogP contribution < -0.4 is 4.74 Å². The van der Waals surface area contributed by atoms with Gasteiger partial charge >= 0.3 is 5.97 Å². The van der Waals surface area contributed by atoms with Gasteiger partial charge in [0, 0.05) is 5.38 Å². The van der Waals surface area contributed by atoms with Crippen LogP contribution in [0, 0.1) is 5.92 Å². The number of carboxylic acid groups (broad SMARTS) is 1. The number of aromatic carboxylic acids is 1. The average molecular weight is 299 g/mol. The molecule has 3 nitrogen and oxygen atoms in total. The number of rotatable bonds is 9. The molecule has 0 heterocycles. The number of hydrogen-bond acceptors (Lipinski definition) is 2. The quantitative estimate of drug-likeness (QED) is 0.536. The van der Waals surface area contributed by atoms with Crippen LogP contribution in [-0.2, 0) is 0 Å².